The maximum atomic E-state index is 6.27. The minimum absolute atomic E-state index is 0.755. The summed E-state index contributed by atoms with van der Waals surface area (Å²) in [5, 5.41) is 5.85. The molecule has 128 valence electrons. The van der Waals surface area contributed by atoms with E-state index in [9.17, 15) is 0 Å². The molecule has 0 N–H and O–H groups in total. The fraction of sp³-hybridized carbons (Fsp3) is 0. The van der Waals surface area contributed by atoms with Gasteiger partial charge in [0.05, 0.1) is 0 Å². The molecule has 5 rings (SSSR count). The third-order valence-corrected chi connectivity index (χ3v) is 5.36. The van der Waals surface area contributed by atoms with Gasteiger partial charge in [0.25, 0.3) is 0 Å². The van der Waals surface area contributed by atoms with Gasteiger partial charge in [-0.3, -0.25) is 0 Å². The summed E-state index contributed by atoms with van der Waals surface area (Å²) >= 11 is 6.27. The van der Waals surface area contributed by atoms with Crippen LogP contribution in [0.3, 0.4) is 0 Å². The van der Waals surface area contributed by atoms with E-state index in [2.05, 4.69) is 84.9 Å². The molecule has 0 fully saturated rings. The van der Waals surface area contributed by atoms with Crippen molar-refractivity contribution in [2.75, 3.05) is 0 Å². The number of hydrogen-bond acceptors (Lipinski definition) is 0. The van der Waals surface area contributed by atoms with Gasteiger partial charge in [0, 0.05) is 5.02 Å². The first-order chi connectivity index (χ1) is 13.3. The van der Waals surface area contributed by atoms with Gasteiger partial charge < -0.3 is 0 Å². The van der Waals surface area contributed by atoms with E-state index in [1.807, 2.05) is 18.2 Å². The van der Waals surface area contributed by atoms with E-state index in [1.54, 1.807) is 0 Å². The topological polar surface area (TPSA) is 0 Å². The monoisotopic (exact) mass is 364 g/mol. The SMILES string of the molecule is Clc1cccc(-c2ccccc2-c2cc3ccccc3c3ccccc23)c1. The largest absolute Gasteiger partial charge is 0.0843 e. The summed E-state index contributed by atoms with van der Waals surface area (Å²) in [5.41, 5.74) is 4.80. The lowest BCUT2D eigenvalue weighted by Gasteiger charge is -2.15. The average molecular weight is 365 g/mol. The Labute approximate surface area is 163 Å². The maximum Gasteiger partial charge on any atom is 0.0412 e. The van der Waals surface area contributed by atoms with Crippen LogP contribution in [0.5, 0.6) is 0 Å². The summed E-state index contributed by atoms with van der Waals surface area (Å²) < 4.78 is 0. The first-order valence-electron chi connectivity index (χ1n) is 9.07. The zero-order valence-corrected chi connectivity index (χ0v) is 15.4. The van der Waals surface area contributed by atoms with Crippen molar-refractivity contribution in [3.05, 3.63) is 108 Å². The van der Waals surface area contributed by atoms with E-state index in [4.69, 9.17) is 11.6 Å². The molecule has 5 aromatic rings. The molecule has 0 aliphatic rings. The zero-order chi connectivity index (χ0) is 18.2. The number of benzene rings is 5. The molecule has 0 heterocycles. The van der Waals surface area contributed by atoms with Crippen LogP contribution >= 0.6 is 11.6 Å². The van der Waals surface area contributed by atoms with Crippen molar-refractivity contribution in [3.63, 3.8) is 0 Å². The molecular weight excluding hydrogens is 348 g/mol. The lowest BCUT2D eigenvalue weighted by atomic mass is 9.89. The first-order valence-corrected chi connectivity index (χ1v) is 9.45. The molecule has 1 heteroatoms. The van der Waals surface area contributed by atoms with Crippen LogP contribution in [0.2, 0.25) is 5.02 Å². The minimum Gasteiger partial charge on any atom is -0.0843 e. The van der Waals surface area contributed by atoms with Crippen molar-refractivity contribution < 1.29 is 0 Å². The summed E-state index contributed by atoms with van der Waals surface area (Å²) in [6.45, 7) is 0. The van der Waals surface area contributed by atoms with Crippen molar-refractivity contribution in [1.29, 1.82) is 0 Å². The van der Waals surface area contributed by atoms with Gasteiger partial charge in [0.15, 0.2) is 0 Å². The Bertz CT molecular complexity index is 1280. The molecule has 0 amide bonds. The van der Waals surface area contributed by atoms with Crippen LogP contribution in [0.4, 0.5) is 0 Å². The molecule has 0 spiro atoms. The van der Waals surface area contributed by atoms with Crippen molar-refractivity contribution in [1.82, 2.24) is 0 Å². The molecule has 27 heavy (non-hydrogen) atoms. The highest BCUT2D eigenvalue weighted by molar-refractivity contribution is 6.30. The van der Waals surface area contributed by atoms with E-state index >= 15 is 0 Å². The smallest absolute Gasteiger partial charge is 0.0412 e. The third-order valence-electron chi connectivity index (χ3n) is 5.12. The standard InChI is InChI=1S/C26H17Cl/c27-20-10-7-9-18(16-20)21-12-3-4-14-24(21)26-17-19-8-1-2-11-22(19)23-13-5-6-15-25(23)26/h1-17H. The van der Waals surface area contributed by atoms with Crippen molar-refractivity contribution >= 4 is 33.1 Å². The van der Waals surface area contributed by atoms with Crippen molar-refractivity contribution in [2.45, 2.75) is 0 Å². The summed E-state index contributed by atoms with van der Waals surface area (Å²) in [4.78, 5) is 0. The van der Waals surface area contributed by atoms with Gasteiger partial charge in [0.1, 0.15) is 0 Å². The highest BCUT2D eigenvalue weighted by atomic mass is 35.5. The van der Waals surface area contributed by atoms with Gasteiger partial charge in [-0.05, 0) is 62.0 Å². The highest BCUT2D eigenvalue weighted by Gasteiger charge is 2.12. The van der Waals surface area contributed by atoms with Gasteiger partial charge >= 0.3 is 0 Å². The predicted octanol–water partition coefficient (Wildman–Crippen LogP) is 7.98. The van der Waals surface area contributed by atoms with E-state index in [0.717, 1.165) is 10.6 Å². The molecule has 0 aliphatic carbocycles. The Morgan fingerprint density at radius 1 is 0.444 bits per heavy atom. The molecular formula is C26H17Cl. The molecule has 5 aromatic carbocycles. The van der Waals surface area contributed by atoms with Gasteiger partial charge in [-0.15, -0.1) is 0 Å². The Hall–Kier alpha value is -3.09. The minimum atomic E-state index is 0.755. The summed E-state index contributed by atoms with van der Waals surface area (Å²) in [5.74, 6) is 0. The molecule has 0 saturated heterocycles. The van der Waals surface area contributed by atoms with Crippen LogP contribution in [-0.4, -0.2) is 0 Å². The molecule has 0 saturated carbocycles. The summed E-state index contributed by atoms with van der Waals surface area (Å²) in [7, 11) is 0. The van der Waals surface area contributed by atoms with Crippen LogP contribution in [0.25, 0.3) is 43.8 Å². The lowest BCUT2D eigenvalue weighted by molar-refractivity contribution is 1.60. The van der Waals surface area contributed by atoms with Crippen molar-refractivity contribution in [3.8, 4) is 22.3 Å². The van der Waals surface area contributed by atoms with Crippen LogP contribution in [0, 0.1) is 0 Å². The van der Waals surface area contributed by atoms with Gasteiger partial charge in [-0.1, -0.05) is 96.5 Å². The normalized spacial score (nSPS) is 11.1. The van der Waals surface area contributed by atoms with Crippen LogP contribution in [-0.2, 0) is 0 Å². The number of hydrogen-bond donors (Lipinski definition) is 0. The summed E-state index contributed by atoms with van der Waals surface area (Å²) in [6.07, 6.45) is 0. The van der Waals surface area contributed by atoms with Crippen LogP contribution in [0.1, 0.15) is 0 Å². The Morgan fingerprint density at radius 2 is 1.11 bits per heavy atom. The van der Waals surface area contributed by atoms with Crippen LogP contribution in [0.15, 0.2) is 103 Å². The fourth-order valence-corrected chi connectivity index (χ4v) is 4.09. The lowest BCUT2D eigenvalue weighted by Crippen LogP contribution is -1.88. The molecule has 0 bridgehead atoms. The van der Waals surface area contributed by atoms with Crippen molar-refractivity contribution in [2.24, 2.45) is 0 Å². The van der Waals surface area contributed by atoms with Gasteiger partial charge in [0.2, 0.25) is 0 Å². The van der Waals surface area contributed by atoms with E-state index in [-0.39, 0.29) is 0 Å². The third kappa shape index (κ3) is 2.79. The van der Waals surface area contributed by atoms with E-state index in [1.165, 1.54) is 38.2 Å². The highest BCUT2D eigenvalue weighted by Crippen LogP contribution is 2.39. The maximum absolute atomic E-state index is 6.27. The first kappa shape index (κ1) is 16.1. The number of rotatable bonds is 2. The number of fused-ring (bicyclic) bond motifs is 3. The quantitative estimate of drug-likeness (QED) is 0.278. The molecule has 0 radical (unpaired) electrons. The van der Waals surface area contributed by atoms with E-state index < -0.39 is 0 Å². The average Bonchev–Trinajstić information content (AvgIpc) is 2.73. The zero-order valence-electron chi connectivity index (χ0n) is 14.7. The second kappa shape index (κ2) is 6.57. The molecule has 0 atom stereocenters. The second-order valence-electron chi connectivity index (χ2n) is 6.75. The van der Waals surface area contributed by atoms with Crippen LogP contribution < -0.4 is 0 Å². The number of halogens is 1. The van der Waals surface area contributed by atoms with Gasteiger partial charge in [-0.25, -0.2) is 0 Å². The predicted molar refractivity (Wildman–Crippen MR) is 117 cm³/mol. The Balaban J connectivity index is 1.87. The molecule has 0 aliphatic heterocycles. The molecule has 0 aromatic heterocycles. The Morgan fingerprint density at radius 3 is 1.93 bits per heavy atom. The summed E-state index contributed by atoms with van der Waals surface area (Å²) in [6, 6.07) is 36.2. The fourth-order valence-electron chi connectivity index (χ4n) is 3.90. The second-order valence-corrected chi connectivity index (χ2v) is 7.18. The Kier molecular flexibility index (Phi) is 3.92. The molecule has 0 unspecified atom stereocenters. The molecule has 0 nitrogen and oxygen atoms in total. The van der Waals surface area contributed by atoms with Gasteiger partial charge in [-0.2, -0.15) is 0 Å². The van der Waals surface area contributed by atoms with E-state index in [0.29, 0.717) is 0 Å².